The maximum absolute atomic E-state index is 12.4. The number of nitrogens with zero attached hydrogens (tertiary/aromatic N) is 1. The lowest BCUT2D eigenvalue weighted by atomic mass is 10.1. The van der Waals surface area contributed by atoms with E-state index in [0.717, 1.165) is 35.8 Å². The van der Waals surface area contributed by atoms with Crippen molar-refractivity contribution in [2.24, 2.45) is 0 Å². The topological polar surface area (TPSA) is 61.4 Å². The molecule has 1 atom stereocenters. The van der Waals surface area contributed by atoms with Gasteiger partial charge in [0.05, 0.1) is 12.6 Å². The predicted octanol–water partition coefficient (Wildman–Crippen LogP) is 1.99. The quantitative estimate of drug-likeness (QED) is 0.908. The molecule has 0 aromatic heterocycles. The molecule has 2 amide bonds. The van der Waals surface area contributed by atoms with E-state index >= 15 is 0 Å². The lowest BCUT2D eigenvalue weighted by molar-refractivity contribution is -0.126. The largest absolute Gasteiger partial charge is 0.358 e. The van der Waals surface area contributed by atoms with Gasteiger partial charge < -0.3 is 10.6 Å². The van der Waals surface area contributed by atoms with Crippen LogP contribution < -0.4 is 10.6 Å². The van der Waals surface area contributed by atoms with Gasteiger partial charge in [0.25, 0.3) is 0 Å². The Labute approximate surface area is 135 Å². The molecule has 1 fully saturated rings. The maximum Gasteiger partial charge on any atom is 0.238 e. The van der Waals surface area contributed by atoms with Crippen molar-refractivity contribution in [1.82, 2.24) is 10.2 Å². The van der Waals surface area contributed by atoms with Crippen molar-refractivity contribution in [2.75, 3.05) is 25.5 Å². The van der Waals surface area contributed by atoms with E-state index < -0.39 is 0 Å². The van der Waals surface area contributed by atoms with Crippen molar-refractivity contribution in [3.63, 3.8) is 0 Å². The fourth-order valence-corrected chi connectivity index (χ4v) is 3.19. The van der Waals surface area contributed by atoms with Crippen molar-refractivity contribution in [2.45, 2.75) is 18.9 Å². The van der Waals surface area contributed by atoms with Gasteiger partial charge in [-0.3, -0.25) is 14.5 Å². The normalized spacial score (nSPS) is 18.0. The standard InChI is InChI=1S/C18H21N3O2/c1-19-18(23)16-10-5-11-21(16)12-17(22)20-15-9-4-7-13-6-2-3-8-14(13)15/h2-4,6-9,16H,5,10-12H2,1H3,(H,19,23)(H,20,22). The summed E-state index contributed by atoms with van der Waals surface area (Å²) in [5.74, 6) is -0.0994. The Morgan fingerprint density at radius 2 is 1.96 bits per heavy atom. The van der Waals surface area contributed by atoms with Crippen LogP contribution in [-0.4, -0.2) is 42.9 Å². The van der Waals surface area contributed by atoms with Crippen LogP contribution in [0.2, 0.25) is 0 Å². The van der Waals surface area contributed by atoms with Gasteiger partial charge in [0.2, 0.25) is 11.8 Å². The molecule has 1 saturated heterocycles. The number of hydrogen-bond acceptors (Lipinski definition) is 3. The van der Waals surface area contributed by atoms with Crippen molar-refractivity contribution in [3.8, 4) is 0 Å². The lowest BCUT2D eigenvalue weighted by Crippen LogP contribution is -2.45. The highest BCUT2D eigenvalue weighted by atomic mass is 16.2. The van der Waals surface area contributed by atoms with Gasteiger partial charge in [0.15, 0.2) is 0 Å². The highest BCUT2D eigenvalue weighted by Gasteiger charge is 2.31. The molecule has 0 bridgehead atoms. The SMILES string of the molecule is CNC(=O)C1CCCN1CC(=O)Nc1cccc2ccccc12. The van der Waals surface area contributed by atoms with Crippen LogP contribution in [0.3, 0.4) is 0 Å². The van der Waals surface area contributed by atoms with Crippen LogP contribution in [0.25, 0.3) is 10.8 Å². The first-order valence-corrected chi connectivity index (χ1v) is 7.92. The van der Waals surface area contributed by atoms with Crippen LogP contribution in [0.5, 0.6) is 0 Å². The minimum absolute atomic E-state index is 0.0135. The summed E-state index contributed by atoms with van der Waals surface area (Å²) in [6.07, 6.45) is 1.75. The van der Waals surface area contributed by atoms with Gasteiger partial charge in [-0.1, -0.05) is 36.4 Å². The number of likely N-dealkylation sites (tertiary alicyclic amines) is 1. The van der Waals surface area contributed by atoms with Gasteiger partial charge >= 0.3 is 0 Å². The molecule has 1 heterocycles. The molecule has 23 heavy (non-hydrogen) atoms. The average molecular weight is 311 g/mol. The first kappa shape index (κ1) is 15.5. The summed E-state index contributed by atoms with van der Waals surface area (Å²) in [6.45, 7) is 1.02. The number of benzene rings is 2. The van der Waals surface area contributed by atoms with Crippen LogP contribution in [0.4, 0.5) is 5.69 Å². The minimum atomic E-state index is -0.196. The van der Waals surface area contributed by atoms with E-state index in [9.17, 15) is 9.59 Å². The van der Waals surface area contributed by atoms with Gasteiger partial charge in [-0.05, 0) is 30.8 Å². The van der Waals surface area contributed by atoms with Crippen LogP contribution in [-0.2, 0) is 9.59 Å². The molecule has 5 heteroatoms. The number of likely N-dealkylation sites (N-methyl/N-ethyl adjacent to an activating group) is 1. The summed E-state index contributed by atoms with van der Waals surface area (Å²) < 4.78 is 0. The molecule has 0 aliphatic carbocycles. The van der Waals surface area contributed by atoms with E-state index in [0.29, 0.717) is 0 Å². The fraction of sp³-hybridized carbons (Fsp3) is 0.333. The molecular weight excluding hydrogens is 290 g/mol. The number of rotatable bonds is 4. The van der Waals surface area contributed by atoms with Gasteiger partial charge in [-0.2, -0.15) is 0 Å². The third-order valence-electron chi connectivity index (χ3n) is 4.32. The summed E-state index contributed by atoms with van der Waals surface area (Å²) >= 11 is 0. The first-order chi connectivity index (χ1) is 11.2. The number of anilines is 1. The number of amides is 2. The summed E-state index contributed by atoms with van der Waals surface area (Å²) in [6, 6.07) is 13.6. The molecule has 1 aliphatic rings. The zero-order valence-electron chi connectivity index (χ0n) is 13.2. The zero-order chi connectivity index (χ0) is 16.2. The van der Waals surface area contributed by atoms with E-state index in [1.165, 1.54) is 0 Å². The van der Waals surface area contributed by atoms with Crippen molar-refractivity contribution in [1.29, 1.82) is 0 Å². The van der Waals surface area contributed by atoms with Gasteiger partial charge in [0.1, 0.15) is 0 Å². The molecule has 2 aromatic carbocycles. The smallest absolute Gasteiger partial charge is 0.238 e. The van der Waals surface area contributed by atoms with Gasteiger partial charge in [0, 0.05) is 18.1 Å². The number of carbonyl (C=O) groups is 2. The Morgan fingerprint density at radius 3 is 2.78 bits per heavy atom. The second kappa shape index (κ2) is 6.79. The number of fused-ring (bicyclic) bond motifs is 1. The van der Waals surface area contributed by atoms with Crippen LogP contribution in [0.1, 0.15) is 12.8 Å². The van der Waals surface area contributed by atoms with E-state index in [1.54, 1.807) is 7.05 Å². The van der Waals surface area contributed by atoms with Gasteiger partial charge in [-0.15, -0.1) is 0 Å². The molecule has 5 nitrogen and oxygen atoms in total. The molecule has 3 rings (SSSR count). The van der Waals surface area contributed by atoms with Crippen LogP contribution in [0.15, 0.2) is 42.5 Å². The molecule has 120 valence electrons. The van der Waals surface area contributed by atoms with E-state index in [1.807, 2.05) is 47.4 Å². The molecular formula is C18H21N3O2. The minimum Gasteiger partial charge on any atom is -0.358 e. The number of hydrogen-bond donors (Lipinski definition) is 2. The van der Waals surface area contributed by atoms with Crippen LogP contribution in [0, 0.1) is 0 Å². The third-order valence-corrected chi connectivity index (χ3v) is 4.32. The third kappa shape index (κ3) is 3.35. The second-order valence-electron chi connectivity index (χ2n) is 5.82. The van der Waals surface area contributed by atoms with Crippen molar-refractivity contribution in [3.05, 3.63) is 42.5 Å². The van der Waals surface area contributed by atoms with Crippen molar-refractivity contribution < 1.29 is 9.59 Å². The molecule has 2 aromatic rings. The number of carbonyl (C=O) groups excluding carboxylic acids is 2. The summed E-state index contributed by atoms with van der Waals surface area (Å²) in [7, 11) is 1.63. The zero-order valence-corrected chi connectivity index (χ0v) is 13.2. The summed E-state index contributed by atoms with van der Waals surface area (Å²) in [4.78, 5) is 26.2. The highest BCUT2D eigenvalue weighted by Crippen LogP contribution is 2.23. The Bertz CT molecular complexity index is 724. The molecule has 0 radical (unpaired) electrons. The Balaban J connectivity index is 1.70. The average Bonchev–Trinajstić information content (AvgIpc) is 3.02. The predicted molar refractivity (Wildman–Crippen MR) is 91.2 cm³/mol. The Kier molecular flexibility index (Phi) is 4.57. The van der Waals surface area contributed by atoms with E-state index in [-0.39, 0.29) is 24.4 Å². The number of nitrogens with one attached hydrogen (secondary N) is 2. The maximum atomic E-state index is 12.4. The fourth-order valence-electron chi connectivity index (χ4n) is 3.19. The Morgan fingerprint density at radius 1 is 1.17 bits per heavy atom. The molecule has 0 saturated carbocycles. The van der Waals surface area contributed by atoms with Crippen molar-refractivity contribution >= 4 is 28.3 Å². The molecule has 1 aliphatic heterocycles. The summed E-state index contributed by atoms with van der Waals surface area (Å²) in [5.41, 5.74) is 0.809. The van der Waals surface area contributed by atoms with E-state index in [4.69, 9.17) is 0 Å². The lowest BCUT2D eigenvalue weighted by Gasteiger charge is -2.22. The Hall–Kier alpha value is -2.40. The monoisotopic (exact) mass is 311 g/mol. The highest BCUT2D eigenvalue weighted by molar-refractivity contribution is 6.02. The second-order valence-corrected chi connectivity index (χ2v) is 5.82. The molecule has 2 N–H and O–H groups in total. The first-order valence-electron chi connectivity index (χ1n) is 7.92. The molecule has 1 unspecified atom stereocenters. The van der Waals surface area contributed by atoms with Gasteiger partial charge in [-0.25, -0.2) is 0 Å². The summed E-state index contributed by atoms with van der Waals surface area (Å²) in [5, 5.41) is 7.76. The van der Waals surface area contributed by atoms with E-state index in [2.05, 4.69) is 10.6 Å². The molecule has 0 spiro atoms. The van der Waals surface area contributed by atoms with Crippen LogP contribution >= 0.6 is 0 Å².